The molecule has 0 bridgehead atoms. The van der Waals surface area contributed by atoms with E-state index >= 15 is 0 Å². The number of halogens is 2. The molecule has 1 aliphatic heterocycles. The van der Waals surface area contributed by atoms with Crippen LogP contribution in [0.4, 0.5) is 4.39 Å². The largest absolute Gasteiger partial charge is 0.300 e. The SMILES string of the molecule is Cc1ncn2c1Cn1ncnc1-c1c-2ccc(F)c1Cl. The van der Waals surface area contributed by atoms with Gasteiger partial charge in [0.2, 0.25) is 0 Å². The van der Waals surface area contributed by atoms with Crippen molar-refractivity contribution in [3.63, 3.8) is 0 Å². The van der Waals surface area contributed by atoms with Crippen LogP contribution in [-0.4, -0.2) is 24.3 Å². The van der Waals surface area contributed by atoms with E-state index in [1.165, 1.54) is 12.4 Å². The Morgan fingerprint density at radius 3 is 3.00 bits per heavy atom. The fraction of sp³-hybridized carbons (Fsp3) is 0.154. The van der Waals surface area contributed by atoms with Crippen molar-refractivity contribution in [2.24, 2.45) is 0 Å². The van der Waals surface area contributed by atoms with Crippen molar-refractivity contribution < 1.29 is 4.39 Å². The van der Waals surface area contributed by atoms with Crippen molar-refractivity contribution in [3.05, 3.63) is 47.0 Å². The van der Waals surface area contributed by atoms with Crippen molar-refractivity contribution >= 4 is 11.6 Å². The van der Waals surface area contributed by atoms with Gasteiger partial charge in [-0.2, -0.15) is 5.10 Å². The lowest BCUT2D eigenvalue weighted by Crippen LogP contribution is -2.05. The first-order valence-electron chi connectivity index (χ1n) is 6.06. The number of hydrogen-bond donors (Lipinski definition) is 0. The highest BCUT2D eigenvalue weighted by Gasteiger charge is 2.25. The molecule has 20 heavy (non-hydrogen) atoms. The van der Waals surface area contributed by atoms with Crippen LogP contribution in [0.1, 0.15) is 11.4 Å². The Morgan fingerprint density at radius 1 is 1.30 bits per heavy atom. The molecule has 3 heterocycles. The molecule has 0 spiro atoms. The van der Waals surface area contributed by atoms with Gasteiger partial charge in [0.1, 0.15) is 12.1 Å². The van der Waals surface area contributed by atoms with Crippen molar-refractivity contribution in [1.82, 2.24) is 24.3 Å². The lowest BCUT2D eigenvalue weighted by atomic mass is 10.1. The van der Waals surface area contributed by atoms with Crippen molar-refractivity contribution in [2.75, 3.05) is 0 Å². The molecule has 0 amide bonds. The fourth-order valence-corrected chi connectivity index (χ4v) is 2.77. The maximum Gasteiger partial charge on any atom is 0.162 e. The van der Waals surface area contributed by atoms with E-state index in [0.29, 0.717) is 17.9 Å². The van der Waals surface area contributed by atoms with E-state index in [0.717, 1.165) is 17.1 Å². The van der Waals surface area contributed by atoms with Crippen LogP contribution in [0.25, 0.3) is 17.1 Å². The van der Waals surface area contributed by atoms with Crippen LogP contribution in [0.2, 0.25) is 5.02 Å². The zero-order valence-corrected chi connectivity index (χ0v) is 11.3. The third-order valence-corrected chi connectivity index (χ3v) is 3.92. The van der Waals surface area contributed by atoms with Gasteiger partial charge in [-0.1, -0.05) is 11.6 Å². The lowest BCUT2D eigenvalue weighted by molar-refractivity contribution is 0.628. The molecular formula is C13H9ClFN5. The summed E-state index contributed by atoms with van der Waals surface area (Å²) in [5.41, 5.74) is 3.19. The lowest BCUT2D eigenvalue weighted by Gasteiger charge is -2.10. The van der Waals surface area contributed by atoms with E-state index in [-0.39, 0.29) is 5.02 Å². The summed E-state index contributed by atoms with van der Waals surface area (Å²) in [4.78, 5) is 8.53. The van der Waals surface area contributed by atoms with E-state index in [1.54, 1.807) is 17.1 Å². The van der Waals surface area contributed by atoms with Gasteiger partial charge in [-0.3, -0.25) is 0 Å². The van der Waals surface area contributed by atoms with Gasteiger partial charge >= 0.3 is 0 Å². The van der Waals surface area contributed by atoms with Gasteiger partial charge in [-0.05, 0) is 19.1 Å². The number of imidazole rings is 1. The zero-order chi connectivity index (χ0) is 13.9. The second-order valence-corrected chi connectivity index (χ2v) is 5.02. The molecule has 0 atom stereocenters. The predicted molar refractivity (Wildman–Crippen MR) is 71.4 cm³/mol. The van der Waals surface area contributed by atoms with Gasteiger partial charge in [0.25, 0.3) is 0 Å². The third-order valence-electron chi connectivity index (χ3n) is 3.55. The molecule has 5 nitrogen and oxygen atoms in total. The first-order valence-corrected chi connectivity index (χ1v) is 6.44. The number of aromatic nitrogens is 5. The summed E-state index contributed by atoms with van der Waals surface area (Å²) in [6.45, 7) is 2.45. The van der Waals surface area contributed by atoms with Crippen LogP contribution in [0.15, 0.2) is 24.8 Å². The number of fused-ring (bicyclic) bond motifs is 5. The Morgan fingerprint density at radius 2 is 2.15 bits per heavy atom. The van der Waals surface area contributed by atoms with Crippen LogP contribution in [0.5, 0.6) is 0 Å². The van der Waals surface area contributed by atoms with E-state index in [2.05, 4.69) is 15.1 Å². The molecule has 0 unspecified atom stereocenters. The van der Waals surface area contributed by atoms with Crippen molar-refractivity contribution in [1.29, 1.82) is 0 Å². The molecule has 0 saturated carbocycles. The molecule has 0 fully saturated rings. The Balaban J connectivity index is 2.17. The number of aryl methyl sites for hydroxylation is 1. The van der Waals surface area contributed by atoms with Crippen LogP contribution in [0, 0.1) is 12.7 Å². The van der Waals surface area contributed by atoms with E-state index in [4.69, 9.17) is 11.6 Å². The fourth-order valence-electron chi connectivity index (χ4n) is 2.53. The van der Waals surface area contributed by atoms with Gasteiger partial charge in [0, 0.05) is 0 Å². The summed E-state index contributed by atoms with van der Waals surface area (Å²) in [6.07, 6.45) is 3.16. The van der Waals surface area contributed by atoms with Crippen LogP contribution in [-0.2, 0) is 6.54 Å². The molecule has 2 aromatic heterocycles. The molecule has 0 radical (unpaired) electrons. The highest BCUT2D eigenvalue weighted by molar-refractivity contribution is 6.33. The standard InChI is InChI=1S/C13H9ClFN5/c1-7-10-4-20-13(16-5-18-20)11-9(19(10)6-17-7)3-2-8(15)12(11)14/h2-3,5-6H,4H2,1H3. The van der Waals surface area contributed by atoms with E-state index < -0.39 is 5.82 Å². The maximum absolute atomic E-state index is 13.8. The summed E-state index contributed by atoms with van der Waals surface area (Å²) in [6, 6.07) is 3.04. The highest BCUT2D eigenvalue weighted by atomic mass is 35.5. The Kier molecular flexibility index (Phi) is 2.26. The summed E-state index contributed by atoms with van der Waals surface area (Å²) in [7, 11) is 0. The second kappa shape index (κ2) is 3.89. The average molecular weight is 290 g/mol. The monoisotopic (exact) mass is 289 g/mol. The average Bonchev–Trinajstić information content (AvgIpc) is 2.99. The Bertz CT molecular complexity index is 835. The number of nitrogens with zero attached hydrogens (tertiary/aromatic N) is 5. The second-order valence-electron chi connectivity index (χ2n) is 4.64. The molecule has 0 aliphatic carbocycles. The normalized spacial score (nSPS) is 12.6. The zero-order valence-electron chi connectivity index (χ0n) is 10.5. The van der Waals surface area contributed by atoms with Crippen molar-refractivity contribution in [3.8, 4) is 17.1 Å². The van der Waals surface area contributed by atoms with Gasteiger partial charge < -0.3 is 4.57 Å². The minimum absolute atomic E-state index is 0.0518. The number of hydrogen-bond acceptors (Lipinski definition) is 3. The Hall–Kier alpha value is -2.21. The van der Waals surface area contributed by atoms with Crippen LogP contribution in [0.3, 0.4) is 0 Å². The number of benzene rings is 1. The molecule has 100 valence electrons. The summed E-state index contributed by atoms with van der Waals surface area (Å²) in [5.74, 6) is 0.0906. The van der Waals surface area contributed by atoms with Crippen molar-refractivity contribution in [2.45, 2.75) is 13.5 Å². The molecule has 0 N–H and O–H groups in total. The molecule has 4 rings (SSSR count). The van der Waals surface area contributed by atoms with Gasteiger partial charge in [0.05, 0.1) is 40.5 Å². The smallest absolute Gasteiger partial charge is 0.162 e. The molecule has 1 aromatic carbocycles. The Labute approximate surface area is 118 Å². The molecule has 1 aliphatic rings. The summed E-state index contributed by atoms with van der Waals surface area (Å²) < 4.78 is 17.4. The minimum Gasteiger partial charge on any atom is -0.300 e. The third kappa shape index (κ3) is 1.39. The minimum atomic E-state index is -0.472. The van der Waals surface area contributed by atoms with Gasteiger partial charge in [0.15, 0.2) is 5.82 Å². The van der Waals surface area contributed by atoms with Gasteiger partial charge in [-0.15, -0.1) is 0 Å². The van der Waals surface area contributed by atoms with E-state index in [1.807, 2.05) is 11.5 Å². The first kappa shape index (κ1) is 11.6. The molecule has 3 aromatic rings. The first-order chi connectivity index (χ1) is 9.66. The van der Waals surface area contributed by atoms with Crippen LogP contribution < -0.4 is 0 Å². The van der Waals surface area contributed by atoms with Gasteiger partial charge in [-0.25, -0.2) is 19.0 Å². The molecule has 0 saturated heterocycles. The summed E-state index contributed by atoms with van der Waals surface area (Å²) >= 11 is 6.15. The van der Waals surface area contributed by atoms with Crippen LogP contribution >= 0.6 is 11.6 Å². The molecular weight excluding hydrogens is 281 g/mol. The van der Waals surface area contributed by atoms with E-state index in [9.17, 15) is 4.39 Å². The molecule has 7 heteroatoms. The predicted octanol–water partition coefficient (Wildman–Crippen LogP) is 2.59. The maximum atomic E-state index is 13.8. The number of rotatable bonds is 0. The quantitative estimate of drug-likeness (QED) is 0.500. The summed E-state index contributed by atoms with van der Waals surface area (Å²) in [5, 5.41) is 4.24. The topological polar surface area (TPSA) is 48.5 Å². The highest BCUT2D eigenvalue weighted by Crippen LogP contribution is 2.37.